The van der Waals surface area contributed by atoms with Gasteiger partial charge in [-0.15, -0.1) is 0 Å². The number of aryl methyl sites for hydroxylation is 2. The summed E-state index contributed by atoms with van der Waals surface area (Å²) in [5.74, 6) is -0.844. The largest absolute Gasteiger partial charge is 0.507 e. The third-order valence-corrected chi connectivity index (χ3v) is 6.69. The van der Waals surface area contributed by atoms with Crippen molar-refractivity contribution in [3.63, 3.8) is 0 Å². The van der Waals surface area contributed by atoms with E-state index in [1.54, 1.807) is 48.7 Å². The fourth-order valence-corrected chi connectivity index (χ4v) is 4.69. The van der Waals surface area contributed by atoms with Gasteiger partial charge in [-0.1, -0.05) is 44.5 Å². The van der Waals surface area contributed by atoms with E-state index in [1.165, 1.54) is 0 Å². The molecule has 0 radical (unpaired) electrons. The zero-order valence-electron chi connectivity index (χ0n) is 21.6. The number of carbonyl (C=O) groups excluding carboxylic acids is 2. The molecule has 1 fully saturated rings. The van der Waals surface area contributed by atoms with E-state index in [-0.39, 0.29) is 23.3 Å². The molecule has 0 saturated carbocycles. The van der Waals surface area contributed by atoms with Gasteiger partial charge in [-0.05, 0) is 66.3 Å². The molecule has 1 saturated heterocycles. The van der Waals surface area contributed by atoms with Crippen LogP contribution in [0.15, 0.2) is 66.5 Å². The number of aliphatic hydroxyl groups excluding tert-OH is 1. The average Bonchev–Trinajstić information content (AvgIpc) is 3.10. The fourth-order valence-electron chi connectivity index (χ4n) is 4.69. The number of hydrogen-bond acceptors (Lipinski definition) is 5. The van der Waals surface area contributed by atoms with Crippen LogP contribution in [0.25, 0.3) is 5.76 Å². The minimum atomic E-state index is -0.742. The molecule has 36 heavy (non-hydrogen) atoms. The maximum absolute atomic E-state index is 13.4. The van der Waals surface area contributed by atoms with Gasteiger partial charge in [0.25, 0.3) is 11.7 Å². The van der Waals surface area contributed by atoms with Crippen LogP contribution >= 0.6 is 0 Å². The number of rotatable bonds is 5. The molecule has 2 heterocycles. The first-order valence-corrected chi connectivity index (χ1v) is 12.0. The number of hydrogen-bond donors (Lipinski definition) is 1. The molecule has 2 aromatic carbocycles. The molecule has 1 N–H and O–H groups in total. The van der Waals surface area contributed by atoms with Crippen molar-refractivity contribution in [1.82, 2.24) is 9.88 Å². The quantitative estimate of drug-likeness (QED) is 0.289. The molecule has 0 bridgehead atoms. The smallest absolute Gasteiger partial charge is 0.295 e. The van der Waals surface area contributed by atoms with Gasteiger partial charge in [-0.25, -0.2) is 0 Å². The molecule has 1 unspecified atom stereocenters. The second kappa shape index (κ2) is 9.61. The standard InChI is InChI=1S/C30H32N2O4/c1-18-7-8-19(2)22(15-18)17-32-26(20-11-13-31-14-12-20)25(28(34)29(32)35)27(33)21-9-10-24(36-6)23(16-21)30(3,4)5/h7-16,26,33H,17H2,1-6H3/b27-25-. The zero-order chi connectivity index (χ0) is 26.2. The maximum Gasteiger partial charge on any atom is 0.295 e. The van der Waals surface area contributed by atoms with Crippen LogP contribution in [0, 0.1) is 13.8 Å². The highest BCUT2D eigenvalue weighted by atomic mass is 16.5. The predicted octanol–water partition coefficient (Wildman–Crippen LogP) is 5.63. The molecule has 1 aliphatic rings. The van der Waals surface area contributed by atoms with Gasteiger partial charge in [0.15, 0.2) is 0 Å². The number of pyridine rings is 1. The van der Waals surface area contributed by atoms with Gasteiger partial charge in [0.1, 0.15) is 11.5 Å². The summed E-state index contributed by atoms with van der Waals surface area (Å²) < 4.78 is 5.53. The number of aromatic nitrogens is 1. The van der Waals surface area contributed by atoms with Gasteiger partial charge >= 0.3 is 0 Å². The van der Waals surface area contributed by atoms with Gasteiger partial charge in [0.2, 0.25) is 0 Å². The Kier molecular flexibility index (Phi) is 6.72. The van der Waals surface area contributed by atoms with Crippen LogP contribution in [-0.4, -0.2) is 33.8 Å². The van der Waals surface area contributed by atoms with E-state index in [0.717, 1.165) is 22.3 Å². The molecule has 6 nitrogen and oxygen atoms in total. The van der Waals surface area contributed by atoms with E-state index >= 15 is 0 Å². The second-order valence-electron chi connectivity index (χ2n) is 10.3. The predicted molar refractivity (Wildman–Crippen MR) is 140 cm³/mol. The molecule has 0 spiro atoms. The number of aliphatic hydroxyl groups is 1. The molecule has 1 amide bonds. The van der Waals surface area contributed by atoms with Gasteiger partial charge in [0.05, 0.1) is 18.7 Å². The first-order valence-electron chi connectivity index (χ1n) is 12.0. The van der Waals surface area contributed by atoms with Crippen LogP contribution in [0.3, 0.4) is 0 Å². The Bertz CT molecular complexity index is 1350. The molecular weight excluding hydrogens is 452 g/mol. The van der Waals surface area contributed by atoms with E-state index in [9.17, 15) is 14.7 Å². The van der Waals surface area contributed by atoms with Crippen molar-refractivity contribution < 1.29 is 19.4 Å². The molecule has 186 valence electrons. The number of ketones is 1. The number of nitrogens with zero attached hydrogens (tertiary/aromatic N) is 2. The first-order chi connectivity index (χ1) is 17.0. The Balaban J connectivity index is 1.89. The molecule has 1 aliphatic heterocycles. The average molecular weight is 485 g/mol. The van der Waals surface area contributed by atoms with E-state index in [0.29, 0.717) is 16.9 Å². The van der Waals surface area contributed by atoms with Gasteiger partial charge in [-0.3, -0.25) is 14.6 Å². The minimum Gasteiger partial charge on any atom is -0.507 e. The summed E-state index contributed by atoms with van der Waals surface area (Å²) in [5.41, 5.74) is 4.92. The van der Waals surface area contributed by atoms with E-state index < -0.39 is 17.7 Å². The summed E-state index contributed by atoms with van der Waals surface area (Å²) in [6.45, 7) is 10.4. The lowest BCUT2D eigenvalue weighted by molar-refractivity contribution is -0.140. The van der Waals surface area contributed by atoms with Crippen LogP contribution in [0.1, 0.15) is 60.2 Å². The lowest BCUT2D eigenvalue weighted by atomic mass is 9.84. The van der Waals surface area contributed by atoms with Crippen molar-refractivity contribution >= 4 is 17.4 Å². The number of methoxy groups -OCH3 is 1. The van der Waals surface area contributed by atoms with Crippen LogP contribution in [0.4, 0.5) is 0 Å². The van der Waals surface area contributed by atoms with Crippen LogP contribution in [0.5, 0.6) is 5.75 Å². The summed E-state index contributed by atoms with van der Waals surface area (Å²) in [7, 11) is 1.60. The van der Waals surface area contributed by atoms with Crippen LogP contribution in [-0.2, 0) is 21.5 Å². The molecule has 6 heteroatoms. The van der Waals surface area contributed by atoms with E-state index in [1.807, 2.05) is 38.1 Å². The van der Waals surface area contributed by atoms with Crippen molar-refractivity contribution in [3.05, 3.63) is 99.9 Å². The molecular formula is C30H32N2O4. The fraction of sp³-hybridized carbons (Fsp3) is 0.300. The Morgan fingerprint density at radius 2 is 1.72 bits per heavy atom. The highest BCUT2D eigenvalue weighted by Crippen LogP contribution is 2.41. The number of benzene rings is 2. The van der Waals surface area contributed by atoms with E-state index in [4.69, 9.17) is 4.74 Å². The molecule has 4 rings (SSSR count). The van der Waals surface area contributed by atoms with Crippen molar-refractivity contribution in [2.24, 2.45) is 0 Å². The summed E-state index contributed by atoms with van der Waals surface area (Å²) in [6, 6.07) is 14.2. The number of carbonyl (C=O) groups is 2. The minimum absolute atomic E-state index is 0.0709. The Morgan fingerprint density at radius 3 is 2.36 bits per heavy atom. The molecule has 1 atom stereocenters. The number of likely N-dealkylation sites (tertiary alicyclic amines) is 1. The van der Waals surface area contributed by atoms with Crippen LogP contribution in [0.2, 0.25) is 0 Å². The molecule has 0 aliphatic carbocycles. The lowest BCUT2D eigenvalue weighted by Gasteiger charge is -2.26. The summed E-state index contributed by atoms with van der Waals surface area (Å²) in [4.78, 5) is 32.4. The second-order valence-corrected chi connectivity index (χ2v) is 10.3. The summed E-state index contributed by atoms with van der Waals surface area (Å²) in [6.07, 6.45) is 3.25. The zero-order valence-corrected chi connectivity index (χ0v) is 21.6. The maximum atomic E-state index is 13.4. The van der Waals surface area contributed by atoms with E-state index in [2.05, 4.69) is 25.8 Å². The molecule has 1 aromatic heterocycles. The Morgan fingerprint density at radius 1 is 1.03 bits per heavy atom. The van der Waals surface area contributed by atoms with Crippen LogP contribution < -0.4 is 4.74 Å². The van der Waals surface area contributed by atoms with Crippen molar-refractivity contribution in [1.29, 1.82) is 0 Å². The normalized spacial score (nSPS) is 17.5. The first kappa shape index (κ1) is 25.2. The summed E-state index contributed by atoms with van der Waals surface area (Å²) >= 11 is 0. The highest BCUT2D eigenvalue weighted by Gasteiger charge is 2.46. The third-order valence-electron chi connectivity index (χ3n) is 6.69. The highest BCUT2D eigenvalue weighted by molar-refractivity contribution is 6.46. The van der Waals surface area contributed by atoms with Crippen molar-refractivity contribution in [3.8, 4) is 5.75 Å². The molecule has 3 aromatic rings. The SMILES string of the molecule is COc1ccc(/C(O)=C2/C(=O)C(=O)N(Cc3cc(C)ccc3C)C2c2ccncc2)cc1C(C)(C)C. The third kappa shape index (κ3) is 4.63. The Hall–Kier alpha value is -3.93. The monoisotopic (exact) mass is 484 g/mol. The van der Waals surface area contributed by atoms with Gasteiger partial charge < -0.3 is 14.7 Å². The van der Waals surface area contributed by atoms with Crippen molar-refractivity contribution in [2.45, 2.75) is 52.6 Å². The van der Waals surface area contributed by atoms with Gasteiger partial charge in [0, 0.05) is 30.1 Å². The number of Topliss-reactive ketones (excluding diaryl/α,β-unsaturated/α-hetero) is 1. The topological polar surface area (TPSA) is 79.7 Å². The van der Waals surface area contributed by atoms with Crippen molar-refractivity contribution in [2.75, 3.05) is 7.11 Å². The lowest BCUT2D eigenvalue weighted by Crippen LogP contribution is -2.29. The number of amides is 1. The summed E-state index contributed by atoms with van der Waals surface area (Å²) in [5, 5.41) is 11.5. The van der Waals surface area contributed by atoms with Gasteiger partial charge in [-0.2, -0.15) is 0 Å². The Labute approximate surface area is 212 Å². The number of ether oxygens (including phenoxy) is 1.